The Balaban J connectivity index is 2.02. The first-order valence-electron chi connectivity index (χ1n) is 7.29. The van der Waals surface area contributed by atoms with Gasteiger partial charge in [0, 0.05) is 11.1 Å². The molecule has 0 N–H and O–H groups in total. The number of methoxy groups -OCH3 is 2. The van der Waals surface area contributed by atoms with Crippen molar-refractivity contribution in [3.05, 3.63) is 23.3 Å². The first-order valence-corrected chi connectivity index (χ1v) is 8.63. The third-order valence-electron chi connectivity index (χ3n) is 4.30. The van der Waals surface area contributed by atoms with Crippen molar-refractivity contribution in [1.29, 1.82) is 0 Å². The minimum absolute atomic E-state index is 0.0230. The van der Waals surface area contributed by atoms with Crippen LogP contribution in [0.25, 0.3) is 0 Å². The maximum atomic E-state index is 12.6. The number of benzene rings is 1. The molecule has 0 heterocycles. The summed E-state index contributed by atoms with van der Waals surface area (Å²) < 4.78 is 43.9. The molecule has 126 valence electrons. The average Bonchev–Trinajstić information content (AvgIpc) is 2.95. The van der Waals surface area contributed by atoms with Gasteiger partial charge in [-0.05, 0) is 25.5 Å². The lowest BCUT2D eigenvalue weighted by Crippen LogP contribution is -2.26. The number of hydrogen-bond donors (Lipinski definition) is 0. The van der Waals surface area contributed by atoms with Gasteiger partial charge in [0.2, 0.25) is 0 Å². The molecule has 0 amide bonds. The van der Waals surface area contributed by atoms with Crippen molar-refractivity contribution in [2.75, 3.05) is 20.8 Å². The second kappa shape index (κ2) is 5.77. The topological polar surface area (TPSA) is 88.1 Å². The Morgan fingerprint density at radius 2 is 1.74 bits per heavy atom. The molecule has 7 nitrogen and oxygen atoms in total. The molecule has 1 aromatic rings. The summed E-state index contributed by atoms with van der Waals surface area (Å²) in [7, 11) is -1.08. The van der Waals surface area contributed by atoms with E-state index in [0.717, 1.165) is 5.56 Å². The van der Waals surface area contributed by atoms with Crippen LogP contribution in [-0.4, -0.2) is 41.1 Å². The number of ether oxygens (including phenoxy) is 2. The van der Waals surface area contributed by atoms with Crippen molar-refractivity contribution in [1.82, 2.24) is 0 Å². The van der Waals surface area contributed by atoms with Gasteiger partial charge < -0.3 is 9.47 Å². The Morgan fingerprint density at radius 3 is 2.30 bits per heavy atom. The molecule has 0 aromatic heterocycles. The minimum atomic E-state index is -4.12. The molecule has 1 saturated carbocycles. The highest BCUT2D eigenvalue weighted by Gasteiger charge is 2.55. The number of carbonyl (C=O) groups is 1. The quantitative estimate of drug-likeness (QED) is 0.774. The Kier molecular flexibility index (Phi) is 4.07. The van der Waals surface area contributed by atoms with E-state index in [1.807, 2.05) is 0 Å². The molecular formula is C15H18O7S. The summed E-state index contributed by atoms with van der Waals surface area (Å²) in [6.07, 6.45) is -0.496. The molecule has 0 saturated heterocycles. The number of hydrogen-bond acceptors (Lipinski definition) is 7. The van der Waals surface area contributed by atoms with Crippen molar-refractivity contribution in [2.45, 2.75) is 31.3 Å². The normalized spacial score (nSPS) is 25.5. The van der Waals surface area contributed by atoms with Crippen molar-refractivity contribution in [3.63, 3.8) is 0 Å². The first-order chi connectivity index (χ1) is 10.9. The van der Waals surface area contributed by atoms with Gasteiger partial charge in [0.1, 0.15) is 11.5 Å². The SMILES string of the molecule is CCOS(=O)(=O)O[C@@H]1C[C@@H]2C(=O)[C@H]1c1c(OC)ccc(OC)c12. The molecule has 2 aliphatic carbocycles. The van der Waals surface area contributed by atoms with Gasteiger partial charge in [-0.25, -0.2) is 8.37 Å². The summed E-state index contributed by atoms with van der Waals surface area (Å²) >= 11 is 0. The fraction of sp³-hybridized carbons (Fsp3) is 0.533. The van der Waals surface area contributed by atoms with Crippen LogP contribution in [0.4, 0.5) is 0 Å². The lowest BCUT2D eigenvalue weighted by Gasteiger charge is -2.25. The fourth-order valence-corrected chi connectivity index (χ4v) is 4.36. The maximum Gasteiger partial charge on any atom is 0.400 e. The molecule has 1 aromatic carbocycles. The Hall–Kier alpha value is -1.64. The van der Waals surface area contributed by atoms with Crippen LogP contribution in [0.1, 0.15) is 36.3 Å². The summed E-state index contributed by atoms with van der Waals surface area (Å²) in [5.74, 6) is -0.0619. The molecule has 3 atom stereocenters. The molecule has 8 heteroatoms. The third kappa shape index (κ3) is 2.50. The van der Waals surface area contributed by atoms with Crippen LogP contribution in [0.15, 0.2) is 12.1 Å². The highest BCUT2D eigenvalue weighted by Crippen LogP contribution is 2.57. The molecular weight excluding hydrogens is 324 g/mol. The van der Waals surface area contributed by atoms with Gasteiger partial charge >= 0.3 is 10.4 Å². The van der Waals surface area contributed by atoms with Gasteiger partial charge in [0.25, 0.3) is 0 Å². The largest absolute Gasteiger partial charge is 0.496 e. The van der Waals surface area contributed by atoms with E-state index in [0.29, 0.717) is 17.1 Å². The van der Waals surface area contributed by atoms with Crippen molar-refractivity contribution >= 4 is 16.2 Å². The Labute approximate surface area is 134 Å². The maximum absolute atomic E-state index is 12.6. The lowest BCUT2D eigenvalue weighted by atomic mass is 9.88. The van der Waals surface area contributed by atoms with E-state index in [9.17, 15) is 13.2 Å². The van der Waals surface area contributed by atoms with E-state index < -0.39 is 28.3 Å². The van der Waals surface area contributed by atoms with E-state index in [-0.39, 0.29) is 18.8 Å². The zero-order valence-electron chi connectivity index (χ0n) is 13.1. The van der Waals surface area contributed by atoms with Crippen LogP contribution in [0.5, 0.6) is 11.5 Å². The van der Waals surface area contributed by atoms with Gasteiger partial charge in [-0.2, -0.15) is 8.42 Å². The van der Waals surface area contributed by atoms with Crippen LogP contribution in [0.2, 0.25) is 0 Å². The number of carbonyl (C=O) groups excluding carboxylic acids is 1. The summed E-state index contributed by atoms with van der Waals surface area (Å²) in [6.45, 7) is 1.53. The zero-order valence-corrected chi connectivity index (χ0v) is 13.9. The number of rotatable bonds is 6. The number of fused-ring (bicyclic) bond motifs is 5. The second-order valence-corrected chi connectivity index (χ2v) is 6.66. The van der Waals surface area contributed by atoms with E-state index >= 15 is 0 Å². The third-order valence-corrected chi connectivity index (χ3v) is 5.31. The highest BCUT2D eigenvalue weighted by molar-refractivity contribution is 7.81. The van der Waals surface area contributed by atoms with E-state index in [4.69, 9.17) is 13.7 Å². The van der Waals surface area contributed by atoms with Gasteiger partial charge in [-0.15, -0.1) is 0 Å². The molecule has 1 fully saturated rings. The molecule has 3 rings (SSSR count). The smallest absolute Gasteiger partial charge is 0.400 e. The van der Waals surface area contributed by atoms with Gasteiger partial charge in [0.15, 0.2) is 5.78 Å². The molecule has 0 spiro atoms. The summed E-state index contributed by atoms with van der Waals surface area (Å²) in [5.41, 5.74) is 1.43. The molecule has 0 radical (unpaired) electrons. The predicted molar refractivity (Wildman–Crippen MR) is 80.1 cm³/mol. The molecule has 0 aliphatic heterocycles. The van der Waals surface area contributed by atoms with Crippen LogP contribution < -0.4 is 9.47 Å². The lowest BCUT2D eigenvalue weighted by molar-refractivity contribution is -0.119. The molecule has 2 bridgehead atoms. The molecule has 2 aliphatic rings. The fourth-order valence-electron chi connectivity index (χ4n) is 3.52. The number of Topliss-reactive ketones (excluding diaryl/α,β-unsaturated/α-hetero) is 1. The van der Waals surface area contributed by atoms with Gasteiger partial charge in [-0.3, -0.25) is 4.79 Å². The summed E-state index contributed by atoms with van der Waals surface area (Å²) in [5, 5.41) is 0. The molecule has 0 unspecified atom stereocenters. The van der Waals surface area contributed by atoms with Gasteiger partial charge in [0.05, 0.1) is 38.8 Å². The van der Waals surface area contributed by atoms with E-state index in [2.05, 4.69) is 4.18 Å². The van der Waals surface area contributed by atoms with E-state index in [1.165, 1.54) is 14.2 Å². The van der Waals surface area contributed by atoms with Crippen LogP contribution in [0.3, 0.4) is 0 Å². The zero-order chi connectivity index (χ0) is 16.8. The highest BCUT2D eigenvalue weighted by atomic mass is 32.3. The number of ketones is 1. The molecule has 23 heavy (non-hydrogen) atoms. The van der Waals surface area contributed by atoms with E-state index in [1.54, 1.807) is 19.1 Å². The Bertz CT molecular complexity index is 740. The predicted octanol–water partition coefficient (Wildman–Crippen LogP) is 1.52. The van der Waals surface area contributed by atoms with Crippen molar-refractivity contribution < 1.29 is 31.1 Å². The van der Waals surface area contributed by atoms with Crippen molar-refractivity contribution in [3.8, 4) is 11.5 Å². The van der Waals surface area contributed by atoms with Crippen molar-refractivity contribution in [2.24, 2.45) is 0 Å². The summed E-state index contributed by atoms with van der Waals surface area (Å²) in [6, 6.07) is 3.46. The second-order valence-electron chi connectivity index (χ2n) is 5.42. The van der Waals surface area contributed by atoms with Gasteiger partial charge in [-0.1, -0.05) is 0 Å². The van der Waals surface area contributed by atoms with Crippen LogP contribution >= 0.6 is 0 Å². The monoisotopic (exact) mass is 342 g/mol. The Morgan fingerprint density at radius 1 is 1.13 bits per heavy atom. The standard InChI is InChI=1S/C15H18O7S/c1-4-21-23(17,18)22-11-7-8-12-9(19-2)5-6-10(20-3)13(12)14(11)15(8)16/h5-6,8,11,14H,4,7H2,1-3H3/t8-,11+,14+/m0/s1. The summed E-state index contributed by atoms with van der Waals surface area (Å²) in [4.78, 5) is 12.6. The van der Waals surface area contributed by atoms with Crippen LogP contribution in [0, 0.1) is 0 Å². The first kappa shape index (κ1) is 16.2. The van der Waals surface area contributed by atoms with Crippen LogP contribution in [-0.2, 0) is 23.6 Å². The average molecular weight is 342 g/mol. The minimum Gasteiger partial charge on any atom is -0.496 e.